The van der Waals surface area contributed by atoms with Crippen molar-refractivity contribution in [3.8, 4) is 0 Å². The second-order valence-corrected chi connectivity index (χ2v) is 7.13. The molecule has 26 heavy (non-hydrogen) atoms. The molecule has 1 fully saturated rings. The van der Waals surface area contributed by atoms with Crippen LogP contribution in [0, 0.1) is 40.5 Å². The quantitative estimate of drug-likeness (QED) is 0.833. The third-order valence-electron chi connectivity index (χ3n) is 5.78. The van der Waals surface area contributed by atoms with Gasteiger partial charge in [-0.25, -0.2) is 4.79 Å². The summed E-state index contributed by atoms with van der Waals surface area (Å²) in [6, 6.07) is 0. The van der Waals surface area contributed by atoms with Crippen LogP contribution in [0.4, 0.5) is 0 Å². The number of carbonyl (C=O) groups is 3. The molecule has 0 bridgehead atoms. The van der Waals surface area contributed by atoms with E-state index in [2.05, 4.69) is 0 Å². The normalized spacial score (nSPS) is 15.0. The molecule has 0 aromatic heterocycles. The monoisotopic (exact) mass is 360 g/mol. The molecule has 0 spiro atoms. The maximum atomic E-state index is 12.6. The summed E-state index contributed by atoms with van der Waals surface area (Å²) in [7, 11) is 0. The smallest absolute Gasteiger partial charge is 0.339 e. The molecule has 2 amide bonds. The molecule has 1 aromatic rings. The number of nitrogens with zero attached hydrogens (tertiary/aromatic N) is 1. The van der Waals surface area contributed by atoms with Crippen LogP contribution in [0.15, 0.2) is 0 Å². The summed E-state index contributed by atoms with van der Waals surface area (Å²) in [5.41, 5.74) is 10.9. The molecule has 1 heterocycles. The molecular weight excluding hydrogens is 332 g/mol. The average Bonchev–Trinajstić information content (AvgIpc) is 2.63. The Hall–Kier alpha value is -2.37. The van der Waals surface area contributed by atoms with Crippen LogP contribution in [0.5, 0.6) is 0 Å². The van der Waals surface area contributed by atoms with Crippen molar-refractivity contribution in [1.82, 2.24) is 4.90 Å². The third-order valence-corrected chi connectivity index (χ3v) is 5.78. The lowest BCUT2D eigenvalue weighted by Crippen LogP contribution is -2.43. The molecule has 1 aliphatic rings. The van der Waals surface area contributed by atoms with Crippen LogP contribution in [0.3, 0.4) is 0 Å². The van der Waals surface area contributed by atoms with Gasteiger partial charge in [-0.1, -0.05) is 0 Å². The Morgan fingerprint density at radius 1 is 0.923 bits per heavy atom. The maximum Gasteiger partial charge on any atom is 0.339 e. The van der Waals surface area contributed by atoms with Crippen molar-refractivity contribution in [2.75, 3.05) is 19.7 Å². The molecule has 1 aromatic carbocycles. The third kappa shape index (κ3) is 3.89. The van der Waals surface area contributed by atoms with Crippen molar-refractivity contribution in [2.24, 2.45) is 11.7 Å². The number of rotatable bonds is 4. The van der Waals surface area contributed by atoms with Gasteiger partial charge in [-0.05, 0) is 75.3 Å². The predicted octanol–water partition coefficient (Wildman–Crippen LogP) is 2.11. The number of esters is 1. The number of primary amides is 1. The summed E-state index contributed by atoms with van der Waals surface area (Å²) in [6.07, 6.45) is 1.12. The lowest BCUT2D eigenvalue weighted by atomic mass is 9.90. The van der Waals surface area contributed by atoms with Gasteiger partial charge >= 0.3 is 5.97 Å². The van der Waals surface area contributed by atoms with E-state index >= 15 is 0 Å². The average molecular weight is 360 g/mol. The maximum absolute atomic E-state index is 12.6. The van der Waals surface area contributed by atoms with E-state index in [1.165, 1.54) is 5.56 Å². The fourth-order valence-corrected chi connectivity index (χ4v) is 3.51. The molecule has 2 rings (SSSR count). The molecule has 6 heteroatoms. The fraction of sp³-hybridized carbons (Fsp3) is 0.550. The lowest BCUT2D eigenvalue weighted by Gasteiger charge is -2.30. The number of piperidine rings is 1. The van der Waals surface area contributed by atoms with Gasteiger partial charge in [-0.3, -0.25) is 9.59 Å². The highest BCUT2D eigenvalue weighted by Crippen LogP contribution is 2.26. The van der Waals surface area contributed by atoms with Gasteiger partial charge in [0.1, 0.15) is 0 Å². The molecule has 0 aliphatic carbocycles. The van der Waals surface area contributed by atoms with Crippen LogP contribution in [-0.4, -0.2) is 42.4 Å². The fourth-order valence-electron chi connectivity index (χ4n) is 3.51. The van der Waals surface area contributed by atoms with Crippen molar-refractivity contribution in [1.29, 1.82) is 0 Å². The number of nitrogens with two attached hydrogens (primary N) is 1. The molecule has 0 atom stereocenters. The SMILES string of the molecule is Cc1c(C)c(C)c(C(=O)OCC(=O)N2CCC(C(N)=O)CC2)c(C)c1C. The predicted molar refractivity (Wildman–Crippen MR) is 98.9 cm³/mol. The van der Waals surface area contributed by atoms with E-state index in [0.29, 0.717) is 31.5 Å². The minimum absolute atomic E-state index is 0.176. The van der Waals surface area contributed by atoms with Gasteiger partial charge in [0.2, 0.25) is 5.91 Å². The number of hydrogen-bond acceptors (Lipinski definition) is 4. The van der Waals surface area contributed by atoms with Crippen molar-refractivity contribution in [3.05, 3.63) is 33.4 Å². The van der Waals surface area contributed by atoms with E-state index in [-0.39, 0.29) is 24.3 Å². The largest absolute Gasteiger partial charge is 0.452 e. The topological polar surface area (TPSA) is 89.7 Å². The summed E-state index contributed by atoms with van der Waals surface area (Å²) in [5, 5.41) is 0. The number of benzene rings is 1. The summed E-state index contributed by atoms with van der Waals surface area (Å²) in [6.45, 7) is 10.5. The van der Waals surface area contributed by atoms with Gasteiger partial charge in [0.25, 0.3) is 5.91 Å². The van der Waals surface area contributed by atoms with Crippen molar-refractivity contribution in [3.63, 3.8) is 0 Å². The lowest BCUT2D eigenvalue weighted by molar-refractivity contribution is -0.137. The Bertz CT molecular complexity index is 718. The molecular formula is C20H28N2O4. The van der Waals surface area contributed by atoms with E-state index in [1.54, 1.807) is 4.90 Å². The number of likely N-dealkylation sites (tertiary alicyclic amines) is 1. The van der Waals surface area contributed by atoms with Crippen LogP contribution in [0.1, 0.15) is 51.0 Å². The minimum atomic E-state index is -0.466. The number of ether oxygens (including phenoxy) is 1. The second kappa shape index (κ2) is 7.89. The van der Waals surface area contributed by atoms with Crippen molar-refractivity contribution < 1.29 is 19.1 Å². The highest BCUT2D eigenvalue weighted by molar-refractivity contribution is 5.95. The number of carbonyl (C=O) groups excluding carboxylic acids is 3. The summed E-state index contributed by atoms with van der Waals surface area (Å²) in [5.74, 6) is -1.20. The van der Waals surface area contributed by atoms with E-state index in [9.17, 15) is 14.4 Å². The zero-order chi connectivity index (χ0) is 19.6. The molecule has 0 radical (unpaired) electrons. The molecule has 0 saturated carbocycles. The van der Waals surface area contributed by atoms with Gasteiger partial charge in [0.05, 0.1) is 5.56 Å². The van der Waals surface area contributed by atoms with Crippen LogP contribution in [-0.2, 0) is 14.3 Å². The van der Waals surface area contributed by atoms with Gasteiger partial charge < -0.3 is 15.4 Å². The molecule has 2 N–H and O–H groups in total. The van der Waals surface area contributed by atoms with E-state index < -0.39 is 5.97 Å². The summed E-state index contributed by atoms with van der Waals surface area (Å²) in [4.78, 5) is 37.7. The van der Waals surface area contributed by atoms with Gasteiger partial charge in [-0.15, -0.1) is 0 Å². The zero-order valence-electron chi connectivity index (χ0n) is 16.3. The van der Waals surface area contributed by atoms with Crippen LogP contribution < -0.4 is 5.73 Å². The molecule has 6 nitrogen and oxygen atoms in total. The molecule has 1 saturated heterocycles. The van der Waals surface area contributed by atoms with Crippen molar-refractivity contribution >= 4 is 17.8 Å². The van der Waals surface area contributed by atoms with Crippen LogP contribution in [0.25, 0.3) is 0 Å². The highest BCUT2D eigenvalue weighted by Gasteiger charge is 2.27. The van der Waals surface area contributed by atoms with Crippen LogP contribution >= 0.6 is 0 Å². The van der Waals surface area contributed by atoms with Gasteiger partial charge in [-0.2, -0.15) is 0 Å². The van der Waals surface area contributed by atoms with Gasteiger partial charge in [0, 0.05) is 19.0 Å². The number of hydrogen-bond donors (Lipinski definition) is 1. The Morgan fingerprint density at radius 3 is 1.85 bits per heavy atom. The summed E-state index contributed by atoms with van der Waals surface area (Å²) >= 11 is 0. The first-order valence-electron chi connectivity index (χ1n) is 8.96. The molecule has 1 aliphatic heterocycles. The van der Waals surface area contributed by atoms with E-state index in [0.717, 1.165) is 22.3 Å². The van der Waals surface area contributed by atoms with Gasteiger partial charge in [0.15, 0.2) is 6.61 Å². The first-order chi connectivity index (χ1) is 12.1. The molecule has 142 valence electrons. The zero-order valence-corrected chi connectivity index (χ0v) is 16.3. The Morgan fingerprint density at radius 2 is 1.38 bits per heavy atom. The Kier molecular flexibility index (Phi) is 6.05. The standard InChI is InChI=1S/C20H28N2O4/c1-11-12(2)14(4)18(15(5)13(11)3)20(25)26-10-17(23)22-8-6-16(7-9-22)19(21)24/h16H,6-10H2,1-5H3,(H2,21,24). The first-order valence-corrected chi connectivity index (χ1v) is 8.96. The Labute approximate surface area is 154 Å². The van der Waals surface area contributed by atoms with E-state index in [4.69, 9.17) is 10.5 Å². The second-order valence-electron chi connectivity index (χ2n) is 7.13. The first kappa shape index (κ1) is 19.9. The summed E-state index contributed by atoms with van der Waals surface area (Å²) < 4.78 is 5.31. The van der Waals surface area contributed by atoms with E-state index in [1.807, 2.05) is 34.6 Å². The minimum Gasteiger partial charge on any atom is -0.452 e. The highest BCUT2D eigenvalue weighted by atomic mass is 16.5. The molecule has 0 unspecified atom stereocenters. The van der Waals surface area contributed by atoms with Crippen LogP contribution in [0.2, 0.25) is 0 Å². The number of amides is 2. The Balaban J connectivity index is 2.02. The van der Waals surface area contributed by atoms with Crippen molar-refractivity contribution in [2.45, 2.75) is 47.5 Å².